The molecule has 1 aromatic heterocycles. The van der Waals surface area contributed by atoms with E-state index < -0.39 is 0 Å². The van der Waals surface area contributed by atoms with E-state index in [1.807, 2.05) is 20.8 Å². The molecule has 4 nitrogen and oxygen atoms in total. The first-order chi connectivity index (χ1) is 8.94. The first-order valence-electron chi connectivity index (χ1n) is 6.92. The second-order valence-electron chi connectivity index (χ2n) is 6.29. The van der Waals surface area contributed by atoms with Crippen LogP contribution in [0, 0.1) is 5.92 Å². The van der Waals surface area contributed by atoms with Crippen LogP contribution >= 0.6 is 11.3 Å². The lowest BCUT2D eigenvalue weighted by atomic mass is 9.81. The monoisotopic (exact) mass is 282 g/mol. The third-order valence-electron chi connectivity index (χ3n) is 3.45. The molecule has 0 aliphatic heterocycles. The zero-order valence-electron chi connectivity index (χ0n) is 11.9. The van der Waals surface area contributed by atoms with Crippen LogP contribution in [0.2, 0.25) is 0 Å². The highest BCUT2D eigenvalue weighted by Crippen LogP contribution is 2.37. The number of rotatable bonds is 3. The van der Waals surface area contributed by atoms with Gasteiger partial charge in [0.1, 0.15) is 16.1 Å². The minimum atomic E-state index is -0.374. The summed E-state index contributed by atoms with van der Waals surface area (Å²) in [5.41, 5.74) is 1.42. The van der Waals surface area contributed by atoms with Crippen LogP contribution in [0.1, 0.15) is 63.8 Å². The second-order valence-corrected chi connectivity index (χ2v) is 7.15. The first-order valence-corrected chi connectivity index (χ1v) is 7.80. The van der Waals surface area contributed by atoms with Gasteiger partial charge in [0.05, 0.1) is 0 Å². The third-order valence-corrected chi connectivity index (χ3v) is 4.30. The molecule has 0 N–H and O–H groups in total. The van der Waals surface area contributed by atoms with Crippen LogP contribution in [-0.2, 0) is 9.53 Å². The van der Waals surface area contributed by atoms with Gasteiger partial charge in [0.25, 0.3) is 0 Å². The number of carbonyl (C=O) groups is 1. The van der Waals surface area contributed by atoms with Gasteiger partial charge >= 0.3 is 5.97 Å². The molecule has 0 radical (unpaired) electrons. The van der Waals surface area contributed by atoms with Crippen molar-refractivity contribution in [3.63, 3.8) is 0 Å². The molecule has 0 aromatic carbocycles. The summed E-state index contributed by atoms with van der Waals surface area (Å²) in [4.78, 5) is 11.8. The number of esters is 1. The molecular formula is C14H22N2O2S. The molecule has 1 heterocycles. The highest BCUT2D eigenvalue weighted by molar-refractivity contribution is 7.09. The molecule has 0 saturated heterocycles. The molecule has 0 bridgehead atoms. The van der Waals surface area contributed by atoms with Gasteiger partial charge in [-0.3, -0.25) is 4.79 Å². The van der Waals surface area contributed by atoms with Crippen LogP contribution in [0.4, 0.5) is 0 Å². The second kappa shape index (κ2) is 5.99. The topological polar surface area (TPSA) is 52.1 Å². The van der Waals surface area contributed by atoms with Crippen molar-refractivity contribution in [3.8, 4) is 0 Å². The number of ether oxygens (including phenoxy) is 1. The Hall–Kier alpha value is -0.970. The standard InChI is InChI=1S/C14H22N2O2S/c1-14(2,3)18-12(17)8-10-4-6-11(7-5-10)13-16-15-9-19-13/h9-11H,4-8H2,1-3H3. The summed E-state index contributed by atoms with van der Waals surface area (Å²) in [6.07, 6.45) is 4.96. The van der Waals surface area contributed by atoms with Crippen molar-refractivity contribution in [2.24, 2.45) is 5.92 Å². The number of nitrogens with zero attached hydrogens (tertiary/aromatic N) is 2. The van der Waals surface area contributed by atoms with Crippen molar-refractivity contribution in [1.82, 2.24) is 10.2 Å². The lowest BCUT2D eigenvalue weighted by Crippen LogP contribution is -2.26. The summed E-state index contributed by atoms with van der Waals surface area (Å²) in [5.74, 6) is 0.952. The summed E-state index contributed by atoms with van der Waals surface area (Å²) in [5, 5.41) is 9.20. The van der Waals surface area contributed by atoms with E-state index in [2.05, 4.69) is 10.2 Å². The van der Waals surface area contributed by atoms with Gasteiger partial charge in [0.2, 0.25) is 0 Å². The number of hydrogen-bond acceptors (Lipinski definition) is 5. The average Bonchev–Trinajstić information content (AvgIpc) is 2.80. The van der Waals surface area contributed by atoms with E-state index in [0.717, 1.165) is 30.7 Å². The first kappa shape index (κ1) is 14.4. The lowest BCUT2D eigenvalue weighted by Gasteiger charge is -2.27. The van der Waals surface area contributed by atoms with Gasteiger partial charge in [0.15, 0.2) is 0 Å². The van der Waals surface area contributed by atoms with Gasteiger partial charge in [-0.1, -0.05) is 0 Å². The fourth-order valence-corrected chi connectivity index (χ4v) is 3.32. The maximum Gasteiger partial charge on any atom is 0.306 e. The van der Waals surface area contributed by atoms with Crippen molar-refractivity contribution in [2.45, 2.75) is 64.4 Å². The lowest BCUT2D eigenvalue weighted by molar-refractivity contribution is -0.156. The van der Waals surface area contributed by atoms with Gasteiger partial charge in [-0.25, -0.2) is 0 Å². The molecule has 0 amide bonds. The predicted molar refractivity (Wildman–Crippen MR) is 75.1 cm³/mol. The summed E-state index contributed by atoms with van der Waals surface area (Å²) >= 11 is 1.64. The molecule has 0 atom stereocenters. The van der Waals surface area contributed by atoms with Crippen LogP contribution in [0.15, 0.2) is 5.51 Å². The van der Waals surface area contributed by atoms with Crippen molar-refractivity contribution in [2.75, 3.05) is 0 Å². The van der Waals surface area contributed by atoms with Gasteiger partial charge in [-0.2, -0.15) is 0 Å². The van der Waals surface area contributed by atoms with Gasteiger partial charge < -0.3 is 4.74 Å². The molecule has 1 fully saturated rings. The van der Waals surface area contributed by atoms with Crippen LogP contribution in [0.3, 0.4) is 0 Å². The summed E-state index contributed by atoms with van der Waals surface area (Å²) in [6, 6.07) is 0. The van der Waals surface area contributed by atoms with E-state index in [1.54, 1.807) is 16.8 Å². The summed E-state index contributed by atoms with van der Waals surface area (Å²) < 4.78 is 5.38. The van der Waals surface area contributed by atoms with E-state index in [9.17, 15) is 4.79 Å². The van der Waals surface area contributed by atoms with E-state index in [1.165, 1.54) is 0 Å². The van der Waals surface area contributed by atoms with Crippen LogP contribution in [0.5, 0.6) is 0 Å². The Morgan fingerprint density at radius 2 is 2.05 bits per heavy atom. The zero-order valence-corrected chi connectivity index (χ0v) is 12.7. The molecule has 1 saturated carbocycles. The maximum atomic E-state index is 11.8. The SMILES string of the molecule is CC(C)(C)OC(=O)CC1CCC(c2nncs2)CC1. The molecule has 1 aliphatic rings. The van der Waals surface area contributed by atoms with Crippen molar-refractivity contribution in [1.29, 1.82) is 0 Å². The molecule has 1 aliphatic carbocycles. The maximum absolute atomic E-state index is 11.8. The average molecular weight is 282 g/mol. The van der Waals surface area contributed by atoms with E-state index >= 15 is 0 Å². The van der Waals surface area contributed by atoms with E-state index in [0.29, 0.717) is 18.3 Å². The quantitative estimate of drug-likeness (QED) is 0.796. The van der Waals surface area contributed by atoms with Gasteiger partial charge in [0, 0.05) is 12.3 Å². The van der Waals surface area contributed by atoms with Crippen molar-refractivity contribution < 1.29 is 9.53 Å². The molecule has 0 spiro atoms. The predicted octanol–water partition coefficient (Wildman–Crippen LogP) is 3.54. The fraction of sp³-hybridized carbons (Fsp3) is 0.786. The van der Waals surface area contributed by atoms with Crippen LogP contribution in [-0.4, -0.2) is 21.8 Å². The third kappa shape index (κ3) is 4.56. The molecule has 19 heavy (non-hydrogen) atoms. The Labute approximate surface area is 118 Å². The highest BCUT2D eigenvalue weighted by atomic mass is 32.1. The normalized spacial score (nSPS) is 24.2. The largest absolute Gasteiger partial charge is 0.460 e. The Morgan fingerprint density at radius 3 is 2.58 bits per heavy atom. The van der Waals surface area contributed by atoms with Gasteiger partial charge in [-0.05, 0) is 52.4 Å². The number of hydrogen-bond donors (Lipinski definition) is 0. The molecule has 0 unspecified atom stereocenters. The molecule has 106 valence electrons. The zero-order chi connectivity index (χ0) is 13.9. The van der Waals surface area contributed by atoms with Gasteiger partial charge in [-0.15, -0.1) is 21.5 Å². The Morgan fingerprint density at radius 1 is 1.37 bits per heavy atom. The summed E-state index contributed by atoms with van der Waals surface area (Å²) in [6.45, 7) is 5.74. The Balaban J connectivity index is 1.76. The molecular weight excluding hydrogens is 260 g/mol. The summed E-state index contributed by atoms with van der Waals surface area (Å²) in [7, 11) is 0. The van der Waals surface area contributed by atoms with Crippen LogP contribution in [0.25, 0.3) is 0 Å². The molecule has 1 aromatic rings. The number of carbonyl (C=O) groups excluding carboxylic acids is 1. The fourth-order valence-electron chi connectivity index (χ4n) is 2.59. The smallest absolute Gasteiger partial charge is 0.306 e. The minimum Gasteiger partial charge on any atom is -0.460 e. The van der Waals surface area contributed by atoms with E-state index in [-0.39, 0.29) is 11.6 Å². The minimum absolute atomic E-state index is 0.0631. The van der Waals surface area contributed by atoms with E-state index in [4.69, 9.17) is 4.74 Å². The van der Waals surface area contributed by atoms with Crippen molar-refractivity contribution in [3.05, 3.63) is 10.5 Å². The van der Waals surface area contributed by atoms with Crippen LogP contribution < -0.4 is 0 Å². The molecule has 5 heteroatoms. The Bertz CT molecular complexity index is 404. The Kier molecular flexibility index (Phi) is 4.55. The number of aromatic nitrogens is 2. The van der Waals surface area contributed by atoms with Crippen molar-refractivity contribution >= 4 is 17.3 Å². The highest BCUT2D eigenvalue weighted by Gasteiger charge is 2.27. The molecule has 2 rings (SSSR count).